The molecule has 0 bridgehead atoms. The lowest BCUT2D eigenvalue weighted by molar-refractivity contribution is 0.0916. The lowest BCUT2D eigenvalue weighted by Crippen LogP contribution is -2.43. The maximum atomic E-state index is 12.4. The summed E-state index contributed by atoms with van der Waals surface area (Å²) in [6.45, 7) is 2.16. The third-order valence-corrected chi connectivity index (χ3v) is 4.66. The molecule has 1 fully saturated rings. The topological polar surface area (TPSA) is 32.3 Å². The highest BCUT2D eigenvalue weighted by Gasteiger charge is 2.19. The lowest BCUT2D eigenvalue weighted by Gasteiger charge is -2.29. The van der Waals surface area contributed by atoms with E-state index in [-0.39, 0.29) is 5.91 Å². The summed E-state index contributed by atoms with van der Waals surface area (Å²) in [7, 11) is 2.14. The molecule has 20 heavy (non-hydrogen) atoms. The number of carbonyl (C=O) groups is 1. The molecule has 3 nitrogen and oxygen atoms in total. The second-order valence-electron chi connectivity index (χ2n) is 6.24. The van der Waals surface area contributed by atoms with Crippen molar-refractivity contribution in [2.45, 2.75) is 44.6 Å². The van der Waals surface area contributed by atoms with Gasteiger partial charge in [-0.05, 0) is 81.9 Å². The summed E-state index contributed by atoms with van der Waals surface area (Å²) >= 11 is 0. The van der Waals surface area contributed by atoms with E-state index >= 15 is 0 Å². The molecule has 1 aliphatic carbocycles. The molecule has 1 aliphatic heterocycles. The molecule has 108 valence electrons. The van der Waals surface area contributed by atoms with Crippen LogP contribution in [0.3, 0.4) is 0 Å². The number of rotatable bonds is 2. The van der Waals surface area contributed by atoms with Crippen LogP contribution in [0.4, 0.5) is 0 Å². The number of carbonyl (C=O) groups excluding carboxylic acids is 1. The number of hydrogen-bond donors (Lipinski definition) is 1. The van der Waals surface area contributed by atoms with Gasteiger partial charge in [-0.1, -0.05) is 6.07 Å². The molecular weight excluding hydrogens is 248 g/mol. The first-order valence-corrected chi connectivity index (χ1v) is 7.83. The number of piperidine rings is 1. The van der Waals surface area contributed by atoms with E-state index in [1.165, 1.54) is 30.4 Å². The predicted octanol–water partition coefficient (Wildman–Crippen LogP) is 2.39. The Balaban J connectivity index is 1.65. The summed E-state index contributed by atoms with van der Waals surface area (Å²) < 4.78 is 0. The first-order valence-electron chi connectivity index (χ1n) is 7.83. The lowest BCUT2D eigenvalue weighted by atomic mass is 9.90. The van der Waals surface area contributed by atoms with Crippen LogP contribution in [0.25, 0.3) is 0 Å². The number of nitrogens with one attached hydrogen (secondary N) is 1. The van der Waals surface area contributed by atoms with Gasteiger partial charge < -0.3 is 10.2 Å². The van der Waals surface area contributed by atoms with E-state index in [1.807, 2.05) is 6.07 Å². The van der Waals surface area contributed by atoms with E-state index in [0.717, 1.165) is 37.9 Å². The van der Waals surface area contributed by atoms with Gasteiger partial charge in [-0.25, -0.2) is 0 Å². The van der Waals surface area contributed by atoms with E-state index in [4.69, 9.17) is 0 Å². The number of nitrogens with zero attached hydrogens (tertiary/aromatic N) is 1. The fourth-order valence-corrected chi connectivity index (χ4v) is 3.30. The maximum absolute atomic E-state index is 12.4. The molecular formula is C17H24N2O. The van der Waals surface area contributed by atoms with Gasteiger partial charge >= 0.3 is 0 Å². The average Bonchev–Trinajstić information content (AvgIpc) is 2.49. The van der Waals surface area contributed by atoms with Crippen LogP contribution in [0.2, 0.25) is 0 Å². The third-order valence-electron chi connectivity index (χ3n) is 4.66. The quantitative estimate of drug-likeness (QED) is 0.896. The molecule has 1 amide bonds. The van der Waals surface area contributed by atoms with Crippen LogP contribution < -0.4 is 5.32 Å². The number of aryl methyl sites for hydroxylation is 2. The Morgan fingerprint density at radius 3 is 2.60 bits per heavy atom. The van der Waals surface area contributed by atoms with Gasteiger partial charge in [0, 0.05) is 11.6 Å². The molecule has 0 atom stereocenters. The Bertz CT molecular complexity index is 490. The molecule has 0 spiro atoms. The van der Waals surface area contributed by atoms with Crippen LogP contribution in [-0.4, -0.2) is 37.0 Å². The first-order chi connectivity index (χ1) is 9.72. The van der Waals surface area contributed by atoms with Gasteiger partial charge in [0.15, 0.2) is 0 Å². The largest absolute Gasteiger partial charge is 0.349 e. The molecule has 1 aromatic carbocycles. The third kappa shape index (κ3) is 3.04. The summed E-state index contributed by atoms with van der Waals surface area (Å²) in [6.07, 6.45) is 6.97. The van der Waals surface area contributed by atoms with E-state index in [9.17, 15) is 4.79 Å². The average molecular weight is 272 g/mol. The van der Waals surface area contributed by atoms with E-state index in [0.29, 0.717) is 6.04 Å². The Hall–Kier alpha value is -1.35. The predicted molar refractivity (Wildman–Crippen MR) is 81.1 cm³/mol. The summed E-state index contributed by atoms with van der Waals surface area (Å²) in [5.74, 6) is 0.105. The maximum Gasteiger partial charge on any atom is 0.251 e. The van der Waals surface area contributed by atoms with Gasteiger partial charge in [-0.15, -0.1) is 0 Å². The smallest absolute Gasteiger partial charge is 0.251 e. The van der Waals surface area contributed by atoms with Crippen LogP contribution >= 0.6 is 0 Å². The molecule has 1 saturated heterocycles. The minimum absolute atomic E-state index is 0.105. The summed E-state index contributed by atoms with van der Waals surface area (Å²) in [6, 6.07) is 6.60. The van der Waals surface area contributed by atoms with E-state index in [2.05, 4.69) is 29.4 Å². The van der Waals surface area contributed by atoms with Crippen molar-refractivity contribution in [3.8, 4) is 0 Å². The van der Waals surface area contributed by atoms with Gasteiger partial charge in [0.05, 0.1) is 0 Å². The zero-order valence-corrected chi connectivity index (χ0v) is 12.3. The summed E-state index contributed by atoms with van der Waals surface area (Å²) in [4.78, 5) is 14.7. The van der Waals surface area contributed by atoms with Gasteiger partial charge in [-0.3, -0.25) is 4.79 Å². The van der Waals surface area contributed by atoms with Gasteiger partial charge in [0.2, 0.25) is 0 Å². The minimum Gasteiger partial charge on any atom is -0.349 e. The van der Waals surface area contributed by atoms with E-state index in [1.54, 1.807) is 0 Å². The normalized spacial score (nSPS) is 20.4. The SMILES string of the molecule is CN1CCC(NC(=O)c2ccc3c(c2)CCCC3)CC1. The second kappa shape index (κ2) is 5.96. The van der Waals surface area contributed by atoms with Crippen molar-refractivity contribution in [1.82, 2.24) is 10.2 Å². The molecule has 0 aromatic heterocycles. The van der Waals surface area contributed by atoms with Crippen molar-refractivity contribution >= 4 is 5.91 Å². The van der Waals surface area contributed by atoms with Crippen molar-refractivity contribution in [1.29, 1.82) is 0 Å². The van der Waals surface area contributed by atoms with Gasteiger partial charge in [0.1, 0.15) is 0 Å². The molecule has 3 heteroatoms. The van der Waals surface area contributed by atoms with Crippen LogP contribution in [0.5, 0.6) is 0 Å². The van der Waals surface area contributed by atoms with Crippen LogP contribution in [-0.2, 0) is 12.8 Å². The molecule has 3 rings (SSSR count). The zero-order valence-electron chi connectivity index (χ0n) is 12.3. The second-order valence-corrected chi connectivity index (χ2v) is 6.24. The first kappa shape index (κ1) is 13.6. The highest BCUT2D eigenvalue weighted by molar-refractivity contribution is 5.94. The zero-order chi connectivity index (χ0) is 13.9. The van der Waals surface area contributed by atoms with Crippen molar-refractivity contribution in [3.05, 3.63) is 34.9 Å². The number of benzene rings is 1. The van der Waals surface area contributed by atoms with Gasteiger partial charge in [0.25, 0.3) is 5.91 Å². The van der Waals surface area contributed by atoms with Gasteiger partial charge in [-0.2, -0.15) is 0 Å². The van der Waals surface area contributed by atoms with Crippen molar-refractivity contribution in [2.75, 3.05) is 20.1 Å². The number of likely N-dealkylation sites (tertiary alicyclic amines) is 1. The summed E-state index contributed by atoms with van der Waals surface area (Å²) in [5, 5.41) is 3.20. The fourth-order valence-electron chi connectivity index (χ4n) is 3.30. The Morgan fingerprint density at radius 1 is 1.15 bits per heavy atom. The minimum atomic E-state index is 0.105. The standard InChI is InChI=1S/C17H24N2O/c1-19-10-8-16(9-11-19)18-17(20)15-7-6-13-4-2-3-5-14(13)12-15/h6-7,12,16H,2-5,8-11H2,1H3,(H,18,20). The van der Waals surface area contributed by atoms with Crippen molar-refractivity contribution < 1.29 is 4.79 Å². The highest BCUT2D eigenvalue weighted by Crippen LogP contribution is 2.22. The molecule has 0 radical (unpaired) electrons. The molecule has 1 aromatic rings. The Labute approximate surface area is 121 Å². The summed E-state index contributed by atoms with van der Waals surface area (Å²) in [5.41, 5.74) is 3.66. The molecule has 0 unspecified atom stereocenters. The van der Waals surface area contributed by atoms with Crippen molar-refractivity contribution in [2.24, 2.45) is 0 Å². The Kier molecular flexibility index (Phi) is 4.06. The van der Waals surface area contributed by atoms with Crippen molar-refractivity contribution in [3.63, 3.8) is 0 Å². The molecule has 0 saturated carbocycles. The molecule has 1 N–H and O–H groups in total. The number of amides is 1. The highest BCUT2D eigenvalue weighted by atomic mass is 16.1. The Morgan fingerprint density at radius 2 is 1.85 bits per heavy atom. The van der Waals surface area contributed by atoms with Crippen LogP contribution in [0, 0.1) is 0 Å². The monoisotopic (exact) mass is 272 g/mol. The fraction of sp³-hybridized carbons (Fsp3) is 0.588. The van der Waals surface area contributed by atoms with Crippen LogP contribution in [0.15, 0.2) is 18.2 Å². The van der Waals surface area contributed by atoms with E-state index < -0.39 is 0 Å². The van der Waals surface area contributed by atoms with Crippen LogP contribution in [0.1, 0.15) is 47.2 Å². The molecule has 1 heterocycles. The number of fused-ring (bicyclic) bond motifs is 1. The number of hydrogen-bond acceptors (Lipinski definition) is 2. The molecule has 2 aliphatic rings.